The summed E-state index contributed by atoms with van der Waals surface area (Å²) < 4.78 is 5.44. The van der Waals surface area contributed by atoms with Gasteiger partial charge in [0.05, 0.1) is 5.92 Å². The number of benzene rings is 3. The quantitative estimate of drug-likeness (QED) is 0.212. The Balaban J connectivity index is 0.000000278. The fourth-order valence-corrected chi connectivity index (χ4v) is 4.75. The average Bonchev–Trinajstić information content (AvgIpc) is 3.43. The van der Waals surface area contributed by atoms with E-state index >= 15 is 0 Å². The van der Waals surface area contributed by atoms with Gasteiger partial charge in [0, 0.05) is 31.3 Å². The largest absolute Gasteiger partial charge is 0.481 e. The van der Waals surface area contributed by atoms with Crippen molar-refractivity contribution >= 4 is 11.7 Å². The van der Waals surface area contributed by atoms with E-state index in [1.165, 1.54) is 22.4 Å². The van der Waals surface area contributed by atoms with E-state index in [1.54, 1.807) is 13.2 Å². The van der Waals surface area contributed by atoms with Crippen LogP contribution in [-0.2, 0) is 37.0 Å². The highest BCUT2D eigenvalue weighted by Gasteiger charge is 2.13. The molecule has 5 nitrogen and oxygen atoms in total. The van der Waals surface area contributed by atoms with Crippen molar-refractivity contribution in [2.24, 2.45) is 11.3 Å². The number of anilines is 1. The number of carboxylic acid groups (broad SMARTS) is 1. The Bertz CT molecular complexity index is 1370. The highest BCUT2D eigenvalue weighted by atomic mass is 16.4. The molecule has 1 N–H and O–H groups in total. The van der Waals surface area contributed by atoms with Crippen molar-refractivity contribution in [1.29, 1.82) is 0 Å². The molecular weight excluding hydrogens is 508 g/mol. The number of oxazole rings is 1. The van der Waals surface area contributed by atoms with Gasteiger partial charge in [-0.25, -0.2) is 4.98 Å². The van der Waals surface area contributed by atoms with Crippen LogP contribution in [0.25, 0.3) is 11.3 Å². The van der Waals surface area contributed by atoms with Gasteiger partial charge >= 0.3 is 5.97 Å². The second kappa shape index (κ2) is 14.7. The molecule has 4 aromatic rings. The molecule has 1 atom stereocenters. The summed E-state index contributed by atoms with van der Waals surface area (Å²) in [5.74, 6) is -0.250. The molecule has 0 radical (unpaired) electrons. The fourth-order valence-electron chi connectivity index (χ4n) is 4.75. The fraction of sp³-hybridized carbons (Fsp3) is 0.389. The molecule has 0 fully saturated rings. The molecule has 0 aliphatic rings. The number of nitrogens with zero attached hydrogens (tertiary/aromatic N) is 2. The molecule has 1 heterocycles. The molecule has 1 aromatic heterocycles. The molecular formula is C36H46N2O3. The van der Waals surface area contributed by atoms with Crippen LogP contribution in [0.4, 0.5) is 5.69 Å². The molecule has 41 heavy (non-hydrogen) atoms. The first kappa shape index (κ1) is 31.7. The van der Waals surface area contributed by atoms with Crippen molar-refractivity contribution in [2.75, 3.05) is 11.9 Å². The number of hydrogen-bond acceptors (Lipinski definition) is 4. The lowest BCUT2D eigenvalue weighted by Crippen LogP contribution is -2.16. The Morgan fingerprint density at radius 3 is 2.05 bits per heavy atom. The predicted molar refractivity (Wildman–Crippen MR) is 169 cm³/mol. The maximum atomic E-state index is 10.7. The van der Waals surface area contributed by atoms with Crippen LogP contribution in [0, 0.1) is 11.3 Å². The zero-order valence-electron chi connectivity index (χ0n) is 25.8. The first-order chi connectivity index (χ1) is 19.5. The van der Waals surface area contributed by atoms with E-state index in [4.69, 9.17) is 9.52 Å². The van der Waals surface area contributed by atoms with Gasteiger partial charge in [-0.2, -0.15) is 0 Å². The maximum Gasteiger partial charge on any atom is 0.306 e. The molecule has 3 aromatic carbocycles. The van der Waals surface area contributed by atoms with E-state index in [0.717, 1.165) is 48.5 Å². The Labute approximate surface area is 246 Å². The smallest absolute Gasteiger partial charge is 0.306 e. The third-order valence-electron chi connectivity index (χ3n) is 7.08. The van der Waals surface area contributed by atoms with Gasteiger partial charge in [-0.05, 0) is 59.1 Å². The Morgan fingerprint density at radius 1 is 0.902 bits per heavy atom. The van der Waals surface area contributed by atoms with Crippen molar-refractivity contribution in [3.63, 3.8) is 0 Å². The number of carbonyl (C=O) groups is 1. The SMILES string of the molecule is CCc1ccccc1CC(C)C(=O)O.CCc1nc(-c2ccc(N(C)Cc3ccc(CC(C)(C)C)cc3)cc2)co1. The highest BCUT2D eigenvalue weighted by Crippen LogP contribution is 2.24. The summed E-state index contributed by atoms with van der Waals surface area (Å²) in [5.41, 5.74) is 8.63. The third kappa shape index (κ3) is 9.93. The molecule has 0 saturated carbocycles. The molecule has 0 aliphatic heterocycles. The normalized spacial score (nSPS) is 11.9. The van der Waals surface area contributed by atoms with Crippen molar-refractivity contribution < 1.29 is 14.3 Å². The number of carboxylic acids is 1. The monoisotopic (exact) mass is 554 g/mol. The summed E-state index contributed by atoms with van der Waals surface area (Å²) in [7, 11) is 2.13. The molecule has 1 unspecified atom stereocenters. The number of aliphatic carboxylic acids is 1. The minimum Gasteiger partial charge on any atom is -0.481 e. The van der Waals surface area contributed by atoms with Crippen LogP contribution in [-0.4, -0.2) is 23.1 Å². The lowest BCUT2D eigenvalue weighted by molar-refractivity contribution is -0.141. The number of aryl methyl sites for hydroxylation is 2. The van der Waals surface area contributed by atoms with Gasteiger partial charge in [0.2, 0.25) is 0 Å². The summed E-state index contributed by atoms with van der Waals surface area (Å²) in [6.07, 6.45) is 5.24. The minimum absolute atomic E-state index is 0.303. The Kier molecular flexibility index (Phi) is 11.3. The predicted octanol–water partition coefficient (Wildman–Crippen LogP) is 8.64. The average molecular weight is 555 g/mol. The summed E-state index contributed by atoms with van der Waals surface area (Å²) >= 11 is 0. The van der Waals surface area contributed by atoms with E-state index < -0.39 is 5.97 Å². The van der Waals surface area contributed by atoms with Crippen LogP contribution in [0.3, 0.4) is 0 Å². The second-order valence-electron chi connectivity index (χ2n) is 12.0. The Morgan fingerprint density at radius 2 is 1.51 bits per heavy atom. The summed E-state index contributed by atoms with van der Waals surface area (Å²) in [6.45, 7) is 13.6. The second-order valence-corrected chi connectivity index (χ2v) is 12.0. The zero-order valence-corrected chi connectivity index (χ0v) is 25.8. The summed E-state index contributed by atoms with van der Waals surface area (Å²) in [6, 6.07) is 25.5. The van der Waals surface area contributed by atoms with Gasteiger partial charge in [0.15, 0.2) is 5.89 Å². The standard InChI is InChI=1S/C24H30N2O.C12H16O2/c1-6-23-25-22(17-27-23)20-11-13-21(14-12-20)26(5)16-19-9-7-18(8-10-19)15-24(2,3)4;1-3-10-6-4-5-7-11(10)8-9(2)12(13)14/h7-14,17H,6,15-16H2,1-5H3;4-7,9H,3,8H2,1-2H3,(H,13,14). The lowest BCUT2D eigenvalue weighted by atomic mass is 9.88. The van der Waals surface area contributed by atoms with E-state index in [9.17, 15) is 4.79 Å². The number of aromatic nitrogens is 1. The molecule has 218 valence electrons. The van der Waals surface area contributed by atoms with Gasteiger partial charge in [-0.3, -0.25) is 4.79 Å². The van der Waals surface area contributed by atoms with E-state index in [0.29, 0.717) is 11.8 Å². The summed E-state index contributed by atoms with van der Waals surface area (Å²) in [4.78, 5) is 17.5. The van der Waals surface area contributed by atoms with Crippen LogP contribution in [0.5, 0.6) is 0 Å². The van der Waals surface area contributed by atoms with Crippen molar-refractivity contribution in [3.8, 4) is 11.3 Å². The molecule has 5 heteroatoms. The first-order valence-electron chi connectivity index (χ1n) is 14.6. The van der Waals surface area contributed by atoms with E-state index in [2.05, 4.69) is 99.2 Å². The van der Waals surface area contributed by atoms with Crippen LogP contribution in [0.1, 0.15) is 69.7 Å². The van der Waals surface area contributed by atoms with Crippen LogP contribution >= 0.6 is 0 Å². The van der Waals surface area contributed by atoms with E-state index in [-0.39, 0.29) is 5.92 Å². The van der Waals surface area contributed by atoms with Gasteiger partial charge < -0.3 is 14.4 Å². The van der Waals surface area contributed by atoms with Crippen molar-refractivity contribution in [3.05, 3.63) is 107 Å². The van der Waals surface area contributed by atoms with Crippen LogP contribution < -0.4 is 4.90 Å². The topological polar surface area (TPSA) is 66.6 Å². The summed E-state index contributed by atoms with van der Waals surface area (Å²) in [5, 5.41) is 8.81. The van der Waals surface area contributed by atoms with E-state index in [1.807, 2.05) is 25.1 Å². The molecule has 0 spiro atoms. The number of rotatable bonds is 10. The van der Waals surface area contributed by atoms with Gasteiger partial charge in [0.25, 0.3) is 0 Å². The van der Waals surface area contributed by atoms with Gasteiger partial charge in [0.1, 0.15) is 12.0 Å². The maximum absolute atomic E-state index is 10.7. The molecule has 0 saturated heterocycles. The minimum atomic E-state index is -0.726. The van der Waals surface area contributed by atoms with Crippen LogP contribution in [0.2, 0.25) is 0 Å². The third-order valence-corrected chi connectivity index (χ3v) is 7.08. The Hall–Kier alpha value is -3.86. The van der Waals surface area contributed by atoms with Gasteiger partial charge in [-0.1, -0.05) is 102 Å². The van der Waals surface area contributed by atoms with Crippen LogP contribution in [0.15, 0.2) is 83.5 Å². The molecule has 0 amide bonds. The molecule has 0 aliphatic carbocycles. The van der Waals surface area contributed by atoms with Crippen molar-refractivity contribution in [2.45, 2.75) is 73.8 Å². The highest BCUT2D eigenvalue weighted by molar-refractivity contribution is 5.70. The van der Waals surface area contributed by atoms with Gasteiger partial charge in [-0.15, -0.1) is 0 Å². The first-order valence-corrected chi connectivity index (χ1v) is 14.6. The molecule has 4 rings (SSSR count). The zero-order chi connectivity index (χ0) is 30.0. The van der Waals surface area contributed by atoms with Crippen molar-refractivity contribution in [1.82, 2.24) is 4.98 Å². The number of hydrogen-bond donors (Lipinski definition) is 1. The lowest BCUT2D eigenvalue weighted by Gasteiger charge is -2.21. The molecule has 0 bridgehead atoms.